The van der Waals surface area contributed by atoms with Crippen LogP contribution in [0.5, 0.6) is 0 Å². The van der Waals surface area contributed by atoms with Crippen molar-refractivity contribution in [2.75, 3.05) is 4.90 Å². The lowest BCUT2D eigenvalue weighted by Gasteiger charge is -2.28. The molecule has 1 aliphatic rings. The Morgan fingerprint density at radius 1 is 0.322 bits per heavy atom. The number of hydrogen-bond acceptors (Lipinski definition) is 2. The third-order valence-electron chi connectivity index (χ3n) is 12.3. The van der Waals surface area contributed by atoms with Crippen molar-refractivity contribution < 1.29 is 4.42 Å². The van der Waals surface area contributed by atoms with Gasteiger partial charge in [-0.15, -0.1) is 0 Å². The van der Waals surface area contributed by atoms with Gasteiger partial charge in [0.2, 0.25) is 0 Å². The number of anilines is 3. The van der Waals surface area contributed by atoms with E-state index in [0.717, 1.165) is 39.0 Å². The molecule has 9 aromatic carbocycles. The summed E-state index contributed by atoms with van der Waals surface area (Å²) in [7, 11) is 0. The minimum atomic E-state index is -0.0997. The maximum absolute atomic E-state index is 6.08. The number of nitrogens with zero attached hydrogens (tertiary/aromatic N) is 1. The van der Waals surface area contributed by atoms with E-state index in [4.69, 9.17) is 4.42 Å². The van der Waals surface area contributed by atoms with Crippen LogP contribution >= 0.6 is 0 Å². The fourth-order valence-corrected chi connectivity index (χ4v) is 9.13. The number of rotatable bonds is 7. The normalized spacial score (nSPS) is 12.7. The molecule has 0 amide bonds. The summed E-state index contributed by atoms with van der Waals surface area (Å²) in [6.07, 6.45) is 0. The number of fused-ring (bicyclic) bond motifs is 6. The second kappa shape index (κ2) is 13.9. The molecule has 0 unspecified atom stereocenters. The molecule has 0 radical (unpaired) electrons. The quantitative estimate of drug-likeness (QED) is 0.161. The maximum Gasteiger partial charge on any atom is 0.135 e. The van der Waals surface area contributed by atoms with Gasteiger partial charge in [-0.1, -0.05) is 172 Å². The Labute approximate surface area is 345 Å². The van der Waals surface area contributed by atoms with Crippen LogP contribution in [0.4, 0.5) is 17.1 Å². The zero-order valence-electron chi connectivity index (χ0n) is 33.1. The molecular formula is C57H41NO. The van der Waals surface area contributed by atoms with Crippen LogP contribution in [0, 0.1) is 0 Å². The van der Waals surface area contributed by atoms with Gasteiger partial charge in [-0.25, -0.2) is 0 Å². The van der Waals surface area contributed by atoms with E-state index in [9.17, 15) is 0 Å². The topological polar surface area (TPSA) is 16.4 Å². The summed E-state index contributed by atoms with van der Waals surface area (Å²) >= 11 is 0. The molecule has 0 fully saturated rings. The second-order valence-corrected chi connectivity index (χ2v) is 16.2. The van der Waals surface area contributed by atoms with Crippen LogP contribution in [0.2, 0.25) is 0 Å². The van der Waals surface area contributed by atoms with Crippen LogP contribution in [-0.2, 0) is 5.41 Å². The van der Waals surface area contributed by atoms with Crippen LogP contribution in [0.3, 0.4) is 0 Å². The third kappa shape index (κ3) is 6.04. The molecule has 1 aromatic heterocycles. The zero-order chi connectivity index (χ0) is 39.5. The number of benzene rings is 9. The lowest BCUT2D eigenvalue weighted by atomic mass is 9.82. The van der Waals surface area contributed by atoms with Gasteiger partial charge in [0.1, 0.15) is 11.2 Å². The van der Waals surface area contributed by atoms with Crippen molar-refractivity contribution >= 4 is 39.0 Å². The van der Waals surface area contributed by atoms with E-state index in [1.54, 1.807) is 0 Å². The molecule has 280 valence electrons. The Morgan fingerprint density at radius 3 is 1.39 bits per heavy atom. The van der Waals surface area contributed by atoms with Gasteiger partial charge < -0.3 is 9.32 Å². The third-order valence-corrected chi connectivity index (χ3v) is 12.3. The first-order valence-electron chi connectivity index (χ1n) is 20.4. The largest absolute Gasteiger partial charge is 0.456 e. The fourth-order valence-electron chi connectivity index (χ4n) is 9.13. The minimum Gasteiger partial charge on any atom is -0.456 e. The van der Waals surface area contributed by atoms with Gasteiger partial charge in [-0.05, 0) is 121 Å². The molecule has 0 saturated carbocycles. The maximum atomic E-state index is 6.08. The summed E-state index contributed by atoms with van der Waals surface area (Å²) in [5.74, 6) is 0. The summed E-state index contributed by atoms with van der Waals surface area (Å²) < 4.78 is 6.08. The summed E-state index contributed by atoms with van der Waals surface area (Å²) in [4.78, 5) is 2.39. The highest BCUT2D eigenvalue weighted by Gasteiger charge is 2.35. The molecule has 11 rings (SSSR count). The number of furan rings is 1. The van der Waals surface area contributed by atoms with E-state index in [1.165, 1.54) is 66.8 Å². The summed E-state index contributed by atoms with van der Waals surface area (Å²) in [6.45, 7) is 4.70. The first kappa shape index (κ1) is 34.8. The number of para-hydroxylation sites is 1. The predicted octanol–water partition coefficient (Wildman–Crippen LogP) is 16.0. The van der Waals surface area contributed by atoms with Crippen LogP contribution < -0.4 is 4.90 Å². The van der Waals surface area contributed by atoms with Crippen molar-refractivity contribution in [1.82, 2.24) is 0 Å². The predicted molar refractivity (Wildman–Crippen MR) is 248 cm³/mol. The minimum absolute atomic E-state index is 0.0997. The van der Waals surface area contributed by atoms with Gasteiger partial charge in [-0.2, -0.15) is 0 Å². The molecule has 2 heteroatoms. The molecule has 0 saturated heterocycles. The highest BCUT2D eigenvalue weighted by atomic mass is 16.3. The first-order valence-corrected chi connectivity index (χ1v) is 20.4. The summed E-state index contributed by atoms with van der Waals surface area (Å²) in [5, 5.41) is 2.29. The van der Waals surface area contributed by atoms with Crippen molar-refractivity contribution in [3.05, 3.63) is 223 Å². The number of hydrogen-bond donors (Lipinski definition) is 0. The first-order chi connectivity index (χ1) is 29.0. The standard InChI is InChI=1S/C57H41NO/c1-57(2)53-14-8-6-12-49(53)50-34-33-48(37-54(50)57)58(46-29-24-42(25-30-46)40-18-16-39(17-19-40)38-10-4-3-5-11-38)47-31-26-43(27-32-47)41-20-22-44(23-21-41)45-28-35-56-52(36-45)51-13-7-9-15-55(51)59-56/h3-37H,1-2H3. The van der Waals surface area contributed by atoms with Gasteiger partial charge in [0, 0.05) is 33.2 Å². The Hall–Kier alpha value is -7.42. The lowest BCUT2D eigenvalue weighted by Crippen LogP contribution is -2.16. The van der Waals surface area contributed by atoms with Crippen LogP contribution in [-0.4, -0.2) is 0 Å². The average molecular weight is 756 g/mol. The highest BCUT2D eigenvalue weighted by Crippen LogP contribution is 2.50. The lowest BCUT2D eigenvalue weighted by molar-refractivity contribution is 0.660. The van der Waals surface area contributed by atoms with Crippen molar-refractivity contribution in [3.8, 4) is 55.6 Å². The molecule has 0 spiro atoms. The smallest absolute Gasteiger partial charge is 0.135 e. The molecule has 59 heavy (non-hydrogen) atoms. The average Bonchev–Trinajstić information content (AvgIpc) is 3.78. The van der Waals surface area contributed by atoms with Gasteiger partial charge in [-0.3, -0.25) is 0 Å². The molecule has 0 aliphatic heterocycles. The van der Waals surface area contributed by atoms with Gasteiger partial charge in [0.15, 0.2) is 0 Å². The molecule has 0 N–H and O–H groups in total. The summed E-state index contributed by atoms with van der Waals surface area (Å²) in [5.41, 5.74) is 20.1. The van der Waals surface area contributed by atoms with Gasteiger partial charge >= 0.3 is 0 Å². The van der Waals surface area contributed by atoms with Gasteiger partial charge in [0.05, 0.1) is 0 Å². The molecule has 10 aromatic rings. The molecule has 2 nitrogen and oxygen atoms in total. The van der Waals surface area contributed by atoms with E-state index < -0.39 is 0 Å². The van der Waals surface area contributed by atoms with Gasteiger partial charge in [0.25, 0.3) is 0 Å². The van der Waals surface area contributed by atoms with Crippen molar-refractivity contribution in [1.29, 1.82) is 0 Å². The molecular weight excluding hydrogens is 715 g/mol. The van der Waals surface area contributed by atoms with Crippen molar-refractivity contribution in [2.24, 2.45) is 0 Å². The Balaban J connectivity index is 0.926. The summed E-state index contributed by atoms with van der Waals surface area (Å²) in [6, 6.07) is 76.9. The molecule has 0 bridgehead atoms. The van der Waals surface area contributed by atoms with Crippen molar-refractivity contribution in [3.63, 3.8) is 0 Å². The van der Waals surface area contributed by atoms with Crippen molar-refractivity contribution in [2.45, 2.75) is 19.3 Å². The monoisotopic (exact) mass is 755 g/mol. The van der Waals surface area contributed by atoms with E-state index in [0.29, 0.717) is 0 Å². The Morgan fingerprint density at radius 2 is 0.763 bits per heavy atom. The Bertz CT molecular complexity index is 3140. The molecule has 1 aliphatic carbocycles. The fraction of sp³-hybridized carbons (Fsp3) is 0.0526. The highest BCUT2D eigenvalue weighted by molar-refractivity contribution is 6.06. The van der Waals surface area contributed by atoms with E-state index >= 15 is 0 Å². The van der Waals surface area contributed by atoms with Crippen LogP contribution in [0.1, 0.15) is 25.0 Å². The zero-order valence-corrected chi connectivity index (χ0v) is 33.1. The van der Waals surface area contributed by atoms with E-state index in [2.05, 4.69) is 219 Å². The molecule has 1 heterocycles. The molecule has 0 atom stereocenters. The van der Waals surface area contributed by atoms with E-state index in [1.807, 2.05) is 12.1 Å². The van der Waals surface area contributed by atoms with Crippen LogP contribution in [0.25, 0.3) is 77.6 Å². The SMILES string of the molecule is CC1(C)c2ccccc2-c2ccc(N(c3ccc(-c4ccc(-c5ccccc5)cc4)cc3)c3ccc(-c4ccc(-c5ccc6oc7ccccc7c6c5)cc4)cc3)cc21. The second-order valence-electron chi connectivity index (χ2n) is 16.2. The Kier molecular flexibility index (Phi) is 8.20. The van der Waals surface area contributed by atoms with Crippen LogP contribution in [0.15, 0.2) is 217 Å². The van der Waals surface area contributed by atoms with E-state index in [-0.39, 0.29) is 5.41 Å².